The van der Waals surface area contributed by atoms with Crippen LogP contribution in [0.15, 0.2) is 24.3 Å². The topological polar surface area (TPSA) is 84.2 Å². The van der Waals surface area contributed by atoms with E-state index in [9.17, 15) is 14.7 Å². The van der Waals surface area contributed by atoms with Gasteiger partial charge in [0.2, 0.25) is 0 Å². The monoisotopic (exact) mass is 289 g/mol. The van der Waals surface area contributed by atoms with Gasteiger partial charge in [0.25, 0.3) is 5.91 Å². The molecule has 0 bridgehead atoms. The van der Waals surface area contributed by atoms with E-state index < -0.39 is 17.9 Å². The number of aryl methyl sites for hydroxylation is 1. The van der Waals surface area contributed by atoms with E-state index in [1.165, 1.54) is 0 Å². The molecule has 2 aromatic rings. The number of amides is 1. The molecule has 1 amide bonds. The van der Waals surface area contributed by atoms with E-state index in [-0.39, 0.29) is 11.6 Å². The zero-order valence-electron chi connectivity index (χ0n) is 12.3. The molecule has 2 N–H and O–H groups in total. The predicted molar refractivity (Wildman–Crippen MR) is 79.1 cm³/mol. The lowest BCUT2D eigenvalue weighted by Gasteiger charge is -2.19. The molecular weight excluding hydrogens is 270 g/mol. The Morgan fingerprint density at radius 1 is 1.38 bits per heavy atom. The Morgan fingerprint density at radius 2 is 2.05 bits per heavy atom. The van der Waals surface area contributed by atoms with Gasteiger partial charge in [0.05, 0.1) is 5.52 Å². The lowest BCUT2D eigenvalue weighted by atomic mass is 9.99. The smallest absolute Gasteiger partial charge is 0.326 e. The molecule has 6 heteroatoms. The molecule has 112 valence electrons. The van der Waals surface area contributed by atoms with Gasteiger partial charge in [-0.25, -0.2) is 4.79 Å². The molecule has 0 aliphatic heterocycles. The minimum atomic E-state index is -1.03. The number of carbonyl (C=O) groups is 2. The molecule has 0 saturated carbocycles. The summed E-state index contributed by atoms with van der Waals surface area (Å²) in [6, 6.07) is 6.44. The first-order chi connectivity index (χ1) is 9.95. The Hall–Kier alpha value is -2.37. The summed E-state index contributed by atoms with van der Waals surface area (Å²) in [6.45, 7) is 3.69. The van der Waals surface area contributed by atoms with Crippen LogP contribution in [0.5, 0.6) is 0 Å². The van der Waals surface area contributed by atoms with Gasteiger partial charge in [0.15, 0.2) is 5.69 Å². The second kappa shape index (κ2) is 5.95. The van der Waals surface area contributed by atoms with Crippen LogP contribution in [0, 0.1) is 5.92 Å². The fraction of sp³-hybridized carbons (Fsp3) is 0.400. The van der Waals surface area contributed by atoms with Crippen LogP contribution in [0.4, 0.5) is 0 Å². The predicted octanol–water partition coefficient (Wildman–Crippen LogP) is 1.80. The summed E-state index contributed by atoms with van der Waals surface area (Å²) in [4.78, 5) is 23.7. The number of carbonyl (C=O) groups excluding carboxylic acids is 1. The minimum absolute atomic E-state index is 0.151. The maximum atomic E-state index is 12.4. The second-order valence-corrected chi connectivity index (χ2v) is 5.16. The number of carboxylic acids is 1. The van der Waals surface area contributed by atoms with Gasteiger partial charge >= 0.3 is 5.97 Å². The highest BCUT2D eigenvalue weighted by Crippen LogP contribution is 2.18. The maximum absolute atomic E-state index is 12.4. The van der Waals surface area contributed by atoms with Crippen LogP contribution < -0.4 is 5.32 Å². The number of nitrogens with one attached hydrogen (secondary N) is 1. The first kappa shape index (κ1) is 15.0. The quantitative estimate of drug-likeness (QED) is 0.879. The normalized spacial score (nSPS) is 13.9. The fourth-order valence-electron chi connectivity index (χ4n) is 2.27. The molecule has 0 aliphatic carbocycles. The molecule has 0 unspecified atom stereocenters. The van der Waals surface area contributed by atoms with Gasteiger partial charge in [-0.1, -0.05) is 38.5 Å². The van der Waals surface area contributed by atoms with E-state index in [0.29, 0.717) is 11.8 Å². The minimum Gasteiger partial charge on any atom is -0.480 e. The number of fused-ring (bicyclic) bond motifs is 1. The van der Waals surface area contributed by atoms with Crippen LogP contribution in [0.25, 0.3) is 10.9 Å². The van der Waals surface area contributed by atoms with E-state index >= 15 is 0 Å². The Labute approximate surface area is 122 Å². The van der Waals surface area contributed by atoms with E-state index in [1.54, 1.807) is 24.7 Å². The van der Waals surface area contributed by atoms with Gasteiger partial charge in [0.1, 0.15) is 6.04 Å². The standard InChI is InChI=1S/C15H19N3O3/c1-4-9(2)12(15(20)21)16-14(19)13-10-7-5-6-8-11(10)18(3)17-13/h5-9,12H,4H2,1-3H3,(H,16,19)(H,20,21)/t9-,12-/m0/s1. The van der Waals surface area contributed by atoms with E-state index in [4.69, 9.17) is 0 Å². The number of benzene rings is 1. The Bertz CT molecular complexity index is 678. The third-order valence-electron chi connectivity index (χ3n) is 3.74. The summed E-state index contributed by atoms with van der Waals surface area (Å²) in [7, 11) is 1.75. The van der Waals surface area contributed by atoms with Crippen molar-refractivity contribution in [2.45, 2.75) is 26.3 Å². The summed E-state index contributed by atoms with van der Waals surface area (Å²) in [6.07, 6.45) is 0.667. The third kappa shape index (κ3) is 2.89. The van der Waals surface area contributed by atoms with E-state index in [1.807, 2.05) is 25.1 Å². The van der Waals surface area contributed by atoms with Gasteiger partial charge in [-0.15, -0.1) is 0 Å². The fourth-order valence-corrected chi connectivity index (χ4v) is 2.27. The second-order valence-electron chi connectivity index (χ2n) is 5.16. The SMILES string of the molecule is CC[C@H](C)[C@H](NC(=O)c1nn(C)c2ccccc12)C(=O)O. The zero-order chi connectivity index (χ0) is 15.6. The molecule has 0 aliphatic rings. The molecule has 0 fully saturated rings. The van der Waals surface area contributed by atoms with Crippen molar-refractivity contribution in [1.29, 1.82) is 0 Å². The highest BCUT2D eigenvalue weighted by molar-refractivity contribution is 6.05. The largest absolute Gasteiger partial charge is 0.480 e. The summed E-state index contributed by atoms with van der Waals surface area (Å²) < 4.78 is 1.61. The van der Waals surface area contributed by atoms with Crippen molar-refractivity contribution in [1.82, 2.24) is 15.1 Å². The molecule has 1 heterocycles. The first-order valence-electron chi connectivity index (χ1n) is 6.91. The number of aromatic nitrogens is 2. The van der Waals surface area contributed by atoms with Gasteiger partial charge in [0, 0.05) is 12.4 Å². The van der Waals surface area contributed by atoms with E-state index in [2.05, 4.69) is 10.4 Å². The van der Waals surface area contributed by atoms with Gasteiger partial charge in [-0.05, 0) is 12.0 Å². The summed E-state index contributed by atoms with van der Waals surface area (Å²) in [5, 5.41) is 16.7. The number of nitrogens with zero attached hydrogens (tertiary/aromatic N) is 2. The molecule has 2 atom stereocenters. The zero-order valence-corrected chi connectivity index (χ0v) is 12.3. The number of aliphatic carboxylic acids is 1. The molecule has 0 saturated heterocycles. The van der Waals surface area contributed by atoms with Crippen molar-refractivity contribution < 1.29 is 14.7 Å². The Morgan fingerprint density at radius 3 is 2.67 bits per heavy atom. The van der Waals surface area contributed by atoms with Crippen molar-refractivity contribution in [2.24, 2.45) is 13.0 Å². The van der Waals surface area contributed by atoms with Crippen molar-refractivity contribution in [3.63, 3.8) is 0 Å². The molecule has 0 radical (unpaired) electrons. The molecule has 21 heavy (non-hydrogen) atoms. The average molecular weight is 289 g/mol. The Balaban J connectivity index is 2.32. The van der Waals surface area contributed by atoms with Gasteiger partial charge < -0.3 is 10.4 Å². The van der Waals surface area contributed by atoms with Crippen LogP contribution in [0.1, 0.15) is 30.8 Å². The number of carboxylic acid groups (broad SMARTS) is 1. The van der Waals surface area contributed by atoms with Crippen LogP contribution in [0.2, 0.25) is 0 Å². The summed E-state index contributed by atoms with van der Waals surface area (Å²) >= 11 is 0. The number of hydrogen-bond acceptors (Lipinski definition) is 3. The highest BCUT2D eigenvalue weighted by Gasteiger charge is 2.27. The molecule has 0 spiro atoms. The van der Waals surface area contributed by atoms with Gasteiger partial charge in [-0.2, -0.15) is 5.10 Å². The van der Waals surface area contributed by atoms with Crippen molar-refractivity contribution >= 4 is 22.8 Å². The maximum Gasteiger partial charge on any atom is 0.326 e. The van der Waals surface area contributed by atoms with E-state index in [0.717, 1.165) is 5.52 Å². The van der Waals surface area contributed by atoms with Crippen LogP contribution in [0.3, 0.4) is 0 Å². The molecule has 2 rings (SSSR count). The summed E-state index contributed by atoms with van der Waals surface area (Å²) in [5.74, 6) is -1.64. The van der Waals surface area contributed by atoms with Crippen LogP contribution >= 0.6 is 0 Å². The lowest BCUT2D eigenvalue weighted by Crippen LogP contribution is -2.45. The van der Waals surface area contributed by atoms with Gasteiger partial charge in [-0.3, -0.25) is 9.48 Å². The highest BCUT2D eigenvalue weighted by atomic mass is 16.4. The summed E-state index contributed by atoms with van der Waals surface area (Å²) in [5.41, 5.74) is 1.08. The van der Waals surface area contributed by atoms with Crippen molar-refractivity contribution in [2.75, 3.05) is 0 Å². The average Bonchev–Trinajstić information content (AvgIpc) is 2.81. The van der Waals surface area contributed by atoms with Crippen LogP contribution in [-0.2, 0) is 11.8 Å². The number of rotatable bonds is 5. The first-order valence-corrected chi connectivity index (χ1v) is 6.91. The van der Waals surface area contributed by atoms with Crippen molar-refractivity contribution in [3.8, 4) is 0 Å². The van der Waals surface area contributed by atoms with Crippen molar-refractivity contribution in [3.05, 3.63) is 30.0 Å². The van der Waals surface area contributed by atoms with Crippen LogP contribution in [-0.4, -0.2) is 32.8 Å². The molecule has 6 nitrogen and oxygen atoms in total. The molecular formula is C15H19N3O3. The number of hydrogen-bond donors (Lipinski definition) is 2. The molecule has 1 aromatic heterocycles. The third-order valence-corrected chi connectivity index (χ3v) is 3.74. The molecule has 1 aromatic carbocycles. The lowest BCUT2D eigenvalue weighted by molar-refractivity contribution is -0.140. The Kier molecular flexibility index (Phi) is 4.26. The number of para-hydroxylation sites is 1.